The second kappa shape index (κ2) is 5.28. The molecule has 1 aromatic heterocycles. The lowest BCUT2D eigenvalue weighted by atomic mass is 10.0. The highest BCUT2D eigenvalue weighted by atomic mass is 16.5. The maximum Gasteiger partial charge on any atom is 0.336 e. The quantitative estimate of drug-likeness (QED) is 0.676. The van der Waals surface area contributed by atoms with Gasteiger partial charge in [0.15, 0.2) is 0 Å². The number of aliphatic hydroxyl groups is 1. The molecule has 0 aliphatic rings. The number of rotatable bonds is 4. The Kier molecular flexibility index (Phi) is 3.71. The monoisotopic (exact) mass is 260 g/mol. The fourth-order valence-electron chi connectivity index (χ4n) is 1.88. The van der Waals surface area contributed by atoms with Crippen molar-refractivity contribution in [3.8, 4) is 5.75 Å². The highest BCUT2D eigenvalue weighted by molar-refractivity contribution is 5.79. The summed E-state index contributed by atoms with van der Waals surface area (Å²) in [5.74, 6) is 0.585. The van der Waals surface area contributed by atoms with Crippen LogP contribution in [0.15, 0.2) is 45.6 Å². The van der Waals surface area contributed by atoms with Crippen LogP contribution >= 0.6 is 0 Å². The number of fused-ring (bicyclic) bond motifs is 1. The minimum Gasteiger partial charge on any atom is -0.496 e. The molecule has 4 nitrogen and oxygen atoms in total. The Hall–Kier alpha value is -2.07. The third kappa shape index (κ3) is 2.85. The molecule has 4 heteroatoms. The zero-order valence-corrected chi connectivity index (χ0v) is 11.0. The molecule has 0 saturated heterocycles. The van der Waals surface area contributed by atoms with Crippen LogP contribution in [-0.2, 0) is 6.42 Å². The minimum atomic E-state index is -0.623. The maximum absolute atomic E-state index is 11.2. The van der Waals surface area contributed by atoms with Crippen LogP contribution in [0.2, 0.25) is 0 Å². The Balaban J connectivity index is 2.51. The lowest BCUT2D eigenvalue weighted by Gasteiger charge is -2.14. The second-order valence-corrected chi connectivity index (χ2v) is 4.52. The normalized spacial score (nSPS) is 12.4. The third-order valence-corrected chi connectivity index (χ3v) is 3.00. The first-order valence-electron chi connectivity index (χ1n) is 5.95. The van der Waals surface area contributed by atoms with Crippen molar-refractivity contribution in [3.05, 3.63) is 52.4 Å². The van der Waals surface area contributed by atoms with E-state index < -0.39 is 11.7 Å². The molecule has 0 amide bonds. The highest BCUT2D eigenvalue weighted by Crippen LogP contribution is 2.27. The molecule has 1 unspecified atom stereocenters. The van der Waals surface area contributed by atoms with Crippen molar-refractivity contribution in [2.24, 2.45) is 0 Å². The Morgan fingerprint density at radius 3 is 2.84 bits per heavy atom. The van der Waals surface area contributed by atoms with Gasteiger partial charge in [0.05, 0.1) is 13.2 Å². The van der Waals surface area contributed by atoms with Gasteiger partial charge < -0.3 is 14.3 Å². The first-order valence-corrected chi connectivity index (χ1v) is 5.95. The van der Waals surface area contributed by atoms with Gasteiger partial charge in [-0.05, 0) is 24.6 Å². The summed E-state index contributed by atoms with van der Waals surface area (Å²) in [5.41, 5.74) is 1.61. The molecule has 1 N–H and O–H groups in total. The predicted octanol–water partition coefficient (Wildman–Crippen LogP) is 2.28. The Morgan fingerprint density at radius 2 is 2.21 bits per heavy atom. The summed E-state index contributed by atoms with van der Waals surface area (Å²) in [7, 11) is 1.54. The molecular formula is C15H16O4. The van der Waals surface area contributed by atoms with Gasteiger partial charge >= 0.3 is 5.63 Å². The van der Waals surface area contributed by atoms with E-state index in [4.69, 9.17) is 9.15 Å². The average Bonchev–Trinajstić information content (AvgIpc) is 2.38. The molecule has 2 rings (SSSR count). The lowest BCUT2D eigenvalue weighted by Crippen LogP contribution is -2.12. The van der Waals surface area contributed by atoms with Gasteiger partial charge in [-0.1, -0.05) is 12.2 Å². The summed E-state index contributed by atoms with van der Waals surface area (Å²) in [5, 5.41) is 10.7. The first-order chi connectivity index (χ1) is 9.01. The minimum absolute atomic E-state index is 0.399. The largest absolute Gasteiger partial charge is 0.496 e. The molecule has 2 aromatic rings. The van der Waals surface area contributed by atoms with E-state index in [1.54, 1.807) is 26.2 Å². The van der Waals surface area contributed by atoms with E-state index in [1.807, 2.05) is 6.07 Å². The van der Waals surface area contributed by atoms with Gasteiger partial charge in [-0.15, -0.1) is 0 Å². The van der Waals surface area contributed by atoms with Crippen molar-refractivity contribution < 1.29 is 14.3 Å². The molecule has 0 radical (unpaired) electrons. The Labute approximate surface area is 110 Å². The summed E-state index contributed by atoms with van der Waals surface area (Å²) >= 11 is 0. The summed E-state index contributed by atoms with van der Waals surface area (Å²) in [6.45, 7) is 5.51. The van der Waals surface area contributed by atoms with Crippen LogP contribution in [0.4, 0.5) is 0 Å². The van der Waals surface area contributed by atoms with Gasteiger partial charge in [0.25, 0.3) is 0 Å². The molecule has 0 fully saturated rings. The van der Waals surface area contributed by atoms with Crippen molar-refractivity contribution in [1.82, 2.24) is 0 Å². The van der Waals surface area contributed by atoms with E-state index in [0.717, 1.165) is 10.9 Å². The summed E-state index contributed by atoms with van der Waals surface area (Å²) < 4.78 is 10.4. The highest BCUT2D eigenvalue weighted by Gasteiger charge is 2.12. The number of hydrogen-bond donors (Lipinski definition) is 1. The van der Waals surface area contributed by atoms with Crippen molar-refractivity contribution in [3.63, 3.8) is 0 Å². The van der Waals surface area contributed by atoms with E-state index >= 15 is 0 Å². The average molecular weight is 260 g/mol. The van der Waals surface area contributed by atoms with E-state index in [2.05, 4.69) is 6.58 Å². The molecule has 19 heavy (non-hydrogen) atoms. The van der Waals surface area contributed by atoms with Gasteiger partial charge in [-0.25, -0.2) is 4.79 Å². The van der Waals surface area contributed by atoms with Crippen LogP contribution in [0.25, 0.3) is 11.0 Å². The molecule has 0 spiro atoms. The van der Waals surface area contributed by atoms with Crippen molar-refractivity contribution in [2.75, 3.05) is 7.11 Å². The van der Waals surface area contributed by atoms with Gasteiger partial charge in [0.1, 0.15) is 11.3 Å². The number of benzene rings is 1. The number of aliphatic hydroxyl groups excluding tert-OH is 1. The standard InChI is InChI=1S/C15H16O4/c1-9(2)12(16)7-11-6-10-4-5-15(17)19-14(10)8-13(11)18-3/h4-6,8,12,16H,1,7H2,2-3H3. The van der Waals surface area contributed by atoms with Crippen LogP contribution in [-0.4, -0.2) is 18.3 Å². The van der Waals surface area contributed by atoms with Crippen molar-refractivity contribution >= 4 is 11.0 Å². The van der Waals surface area contributed by atoms with Crippen LogP contribution in [0.5, 0.6) is 5.75 Å². The number of ether oxygens (including phenoxy) is 1. The summed E-state index contributed by atoms with van der Waals surface area (Å²) in [6, 6.07) is 6.57. The van der Waals surface area contributed by atoms with Crippen LogP contribution in [0.3, 0.4) is 0 Å². The van der Waals surface area contributed by atoms with E-state index in [1.165, 1.54) is 6.07 Å². The zero-order chi connectivity index (χ0) is 14.0. The lowest BCUT2D eigenvalue weighted by molar-refractivity contribution is 0.210. The number of hydrogen-bond acceptors (Lipinski definition) is 4. The Morgan fingerprint density at radius 1 is 1.47 bits per heavy atom. The fraction of sp³-hybridized carbons (Fsp3) is 0.267. The smallest absolute Gasteiger partial charge is 0.336 e. The van der Waals surface area contributed by atoms with Crippen LogP contribution in [0, 0.1) is 0 Å². The molecule has 0 bridgehead atoms. The first kappa shape index (κ1) is 13.4. The third-order valence-electron chi connectivity index (χ3n) is 3.00. The van der Waals surface area contributed by atoms with Gasteiger partial charge in [0.2, 0.25) is 0 Å². The zero-order valence-electron chi connectivity index (χ0n) is 11.0. The van der Waals surface area contributed by atoms with Crippen LogP contribution in [0.1, 0.15) is 12.5 Å². The van der Waals surface area contributed by atoms with Crippen molar-refractivity contribution in [1.29, 1.82) is 0 Å². The molecule has 0 aliphatic heterocycles. The SMILES string of the molecule is C=C(C)C(O)Cc1cc2ccc(=O)oc2cc1OC. The molecule has 0 aliphatic carbocycles. The molecule has 1 heterocycles. The topological polar surface area (TPSA) is 59.7 Å². The molecule has 0 saturated carbocycles. The molecular weight excluding hydrogens is 244 g/mol. The molecule has 1 atom stereocenters. The predicted molar refractivity (Wildman–Crippen MR) is 73.6 cm³/mol. The van der Waals surface area contributed by atoms with Gasteiger partial charge in [-0.2, -0.15) is 0 Å². The van der Waals surface area contributed by atoms with E-state index in [-0.39, 0.29) is 0 Å². The van der Waals surface area contributed by atoms with Crippen molar-refractivity contribution in [2.45, 2.75) is 19.4 Å². The van der Waals surface area contributed by atoms with Gasteiger partial charge in [0, 0.05) is 23.9 Å². The molecule has 100 valence electrons. The fourth-order valence-corrected chi connectivity index (χ4v) is 1.88. The number of methoxy groups -OCH3 is 1. The van der Waals surface area contributed by atoms with E-state index in [0.29, 0.717) is 23.3 Å². The summed E-state index contributed by atoms with van der Waals surface area (Å²) in [4.78, 5) is 11.2. The second-order valence-electron chi connectivity index (χ2n) is 4.52. The maximum atomic E-state index is 11.2. The Bertz CT molecular complexity index is 669. The van der Waals surface area contributed by atoms with Gasteiger partial charge in [-0.3, -0.25) is 0 Å². The van der Waals surface area contributed by atoms with E-state index in [9.17, 15) is 9.90 Å². The van der Waals surface area contributed by atoms with Crippen LogP contribution < -0.4 is 10.4 Å². The summed E-state index contributed by atoms with van der Waals surface area (Å²) in [6.07, 6.45) is -0.213. The molecule has 1 aromatic carbocycles.